The van der Waals surface area contributed by atoms with Crippen molar-refractivity contribution in [2.24, 2.45) is 5.92 Å². The van der Waals surface area contributed by atoms with Crippen molar-refractivity contribution in [3.63, 3.8) is 0 Å². The van der Waals surface area contributed by atoms with Crippen LogP contribution in [0.1, 0.15) is 13.8 Å². The second kappa shape index (κ2) is 7.53. The Morgan fingerprint density at radius 2 is 1.83 bits per heavy atom. The Labute approximate surface area is 110 Å². The maximum absolute atomic E-state index is 11.6. The Morgan fingerprint density at radius 3 is 2.22 bits per heavy atom. The van der Waals surface area contributed by atoms with Gasteiger partial charge < -0.3 is 15.2 Å². The first-order valence-corrected chi connectivity index (χ1v) is 9.96. The summed E-state index contributed by atoms with van der Waals surface area (Å²) in [6, 6.07) is -0.0869. The summed E-state index contributed by atoms with van der Waals surface area (Å²) in [7, 11) is -1.25. The lowest BCUT2D eigenvalue weighted by molar-refractivity contribution is -0.148. The zero-order valence-corrected chi connectivity index (χ0v) is 12.9. The number of aliphatic hydroxyl groups excluding tert-OH is 1. The minimum absolute atomic E-state index is 0.228. The molecule has 1 amide bonds. The largest absolute Gasteiger partial charge is 0.464 e. The number of rotatable bonds is 7. The van der Waals surface area contributed by atoms with E-state index in [2.05, 4.69) is 25.0 Å². The molecule has 5 nitrogen and oxygen atoms in total. The van der Waals surface area contributed by atoms with Gasteiger partial charge in [-0.1, -0.05) is 33.5 Å². The summed E-state index contributed by atoms with van der Waals surface area (Å²) >= 11 is 0. The number of ether oxygens (including phenoxy) is 1. The minimum atomic E-state index is -1.25. The number of hydrogen-bond donors (Lipinski definition) is 2. The van der Waals surface area contributed by atoms with Crippen LogP contribution >= 0.6 is 0 Å². The molecular formula is C12H25NO4Si. The first-order valence-electron chi connectivity index (χ1n) is 6.25. The molecule has 0 rings (SSSR count). The molecule has 0 spiro atoms. The van der Waals surface area contributed by atoms with Gasteiger partial charge in [-0.2, -0.15) is 0 Å². The van der Waals surface area contributed by atoms with Gasteiger partial charge in [0.2, 0.25) is 5.91 Å². The Kier molecular flexibility index (Phi) is 7.16. The van der Waals surface area contributed by atoms with Crippen molar-refractivity contribution in [3.8, 4) is 0 Å². The van der Waals surface area contributed by atoms with E-state index in [4.69, 9.17) is 9.84 Å². The molecule has 0 aliphatic carbocycles. The van der Waals surface area contributed by atoms with Gasteiger partial charge in [-0.25, -0.2) is 4.79 Å². The minimum Gasteiger partial charge on any atom is -0.464 e. The van der Waals surface area contributed by atoms with E-state index in [1.165, 1.54) is 0 Å². The van der Waals surface area contributed by atoms with Gasteiger partial charge in [-0.3, -0.25) is 4.79 Å². The SMILES string of the molecule is CC(C)C(=O)N[C@H](CO)C(=O)OCC[Si](C)(C)C. The van der Waals surface area contributed by atoms with E-state index in [1.54, 1.807) is 13.8 Å². The van der Waals surface area contributed by atoms with E-state index < -0.39 is 26.7 Å². The first-order chi connectivity index (χ1) is 8.17. The van der Waals surface area contributed by atoms with Crippen LogP contribution in [0.25, 0.3) is 0 Å². The summed E-state index contributed by atoms with van der Waals surface area (Å²) in [6.07, 6.45) is 0. The van der Waals surface area contributed by atoms with Crippen molar-refractivity contribution in [2.45, 2.75) is 45.6 Å². The Morgan fingerprint density at radius 1 is 1.28 bits per heavy atom. The number of carbonyl (C=O) groups is 2. The highest BCUT2D eigenvalue weighted by Gasteiger charge is 2.23. The van der Waals surface area contributed by atoms with Crippen molar-refractivity contribution < 1.29 is 19.4 Å². The van der Waals surface area contributed by atoms with Crippen molar-refractivity contribution in [3.05, 3.63) is 0 Å². The maximum Gasteiger partial charge on any atom is 0.331 e. The fraction of sp³-hybridized carbons (Fsp3) is 0.833. The molecule has 0 aromatic carbocycles. The third-order valence-electron chi connectivity index (χ3n) is 2.40. The van der Waals surface area contributed by atoms with Crippen LogP contribution in [0.2, 0.25) is 25.7 Å². The van der Waals surface area contributed by atoms with E-state index in [9.17, 15) is 9.59 Å². The van der Waals surface area contributed by atoms with Gasteiger partial charge in [0.15, 0.2) is 6.04 Å². The van der Waals surface area contributed by atoms with Crippen molar-refractivity contribution in [2.75, 3.05) is 13.2 Å². The molecule has 0 saturated heterocycles. The predicted molar refractivity (Wildman–Crippen MR) is 73.0 cm³/mol. The fourth-order valence-corrected chi connectivity index (χ4v) is 1.79. The molecule has 0 bridgehead atoms. The molecule has 0 fully saturated rings. The summed E-state index contributed by atoms with van der Waals surface area (Å²) in [5.41, 5.74) is 0. The molecule has 0 aliphatic rings. The number of amides is 1. The lowest BCUT2D eigenvalue weighted by Gasteiger charge is -2.19. The highest BCUT2D eigenvalue weighted by atomic mass is 28.3. The standard InChI is InChI=1S/C12H25NO4Si/c1-9(2)11(15)13-10(8-14)12(16)17-6-7-18(3,4)5/h9-10,14H,6-8H2,1-5H3,(H,13,15)/t10-/m1/s1. The summed E-state index contributed by atoms with van der Waals surface area (Å²) in [6.45, 7) is 9.91. The average molecular weight is 275 g/mol. The van der Waals surface area contributed by atoms with Crippen LogP contribution in [0.4, 0.5) is 0 Å². The number of esters is 1. The van der Waals surface area contributed by atoms with Gasteiger partial charge in [0, 0.05) is 14.0 Å². The molecule has 0 aromatic heterocycles. The second-order valence-electron chi connectivity index (χ2n) is 5.88. The lowest BCUT2D eigenvalue weighted by atomic mass is 10.2. The molecule has 0 unspecified atom stereocenters. The van der Waals surface area contributed by atoms with E-state index in [-0.39, 0.29) is 11.8 Å². The van der Waals surface area contributed by atoms with E-state index >= 15 is 0 Å². The molecule has 0 saturated carbocycles. The normalized spacial score (nSPS) is 13.3. The van der Waals surface area contributed by atoms with Gasteiger partial charge in [-0.05, 0) is 6.04 Å². The van der Waals surface area contributed by atoms with Gasteiger partial charge in [0.25, 0.3) is 0 Å². The Hall–Kier alpha value is -0.883. The quantitative estimate of drug-likeness (QED) is 0.537. The van der Waals surface area contributed by atoms with Crippen molar-refractivity contribution in [1.29, 1.82) is 0 Å². The zero-order valence-electron chi connectivity index (χ0n) is 11.9. The number of aliphatic hydroxyl groups is 1. The molecule has 106 valence electrons. The highest BCUT2D eigenvalue weighted by Crippen LogP contribution is 2.08. The molecule has 2 N–H and O–H groups in total. The maximum atomic E-state index is 11.6. The highest BCUT2D eigenvalue weighted by molar-refractivity contribution is 6.76. The zero-order chi connectivity index (χ0) is 14.3. The molecule has 0 aromatic rings. The molecule has 18 heavy (non-hydrogen) atoms. The van der Waals surface area contributed by atoms with E-state index in [0.717, 1.165) is 6.04 Å². The summed E-state index contributed by atoms with van der Waals surface area (Å²) in [5.74, 6) is -1.06. The number of nitrogens with one attached hydrogen (secondary N) is 1. The Bertz CT molecular complexity index is 286. The smallest absolute Gasteiger partial charge is 0.331 e. The van der Waals surface area contributed by atoms with E-state index in [0.29, 0.717) is 6.61 Å². The molecule has 6 heteroatoms. The van der Waals surface area contributed by atoms with Crippen LogP contribution < -0.4 is 5.32 Å². The molecule has 0 heterocycles. The molecule has 0 radical (unpaired) electrons. The predicted octanol–water partition coefficient (Wildman–Crippen LogP) is 1.00. The lowest BCUT2D eigenvalue weighted by Crippen LogP contribution is -2.46. The first kappa shape index (κ1) is 17.1. The van der Waals surface area contributed by atoms with Crippen LogP contribution in [-0.2, 0) is 14.3 Å². The van der Waals surface area contributed by atoms with E-state index in [1.807, 2.05) is 0 Å². The third kappa shape index (κ3) is 7.44. The van der Waals surface area contributed by atoms with Crippen LogP contribution in [0.3, 0.4) is 0 Å². The summed E-state index contributed by atoms with van der Waals surface area (Å²) in [4.78, 5) is 23.1. The monoisotopic (exact) mass is 275 g/mol. The van der Waals surface area contributed by atoms with Gasteiger partial charge in [0.1, 0.15) is 0 Å². The van der Waals surface area contributed by atoms with Crippen molar-refractivity contribution >= 4 is 20.0 Å². The molecule has 1 atom stereocenters. The second-order valence-corrected chi connectivity index (χ2v) is 11.5. The van der Waals surface area contributed by atoms with Crippen LogP contribution in [0, 0.1) is 5.92 Å². The molecule has 0 aliphatic heterocycles. The van der Waals surface area contributed by atoms with Gasteiger partial charge >= 0.3 is 5.97 Å². The fourth-order valence-electron chi connectivity index (χ4n) is 1.08. The van der Waals surface area contributed by atoms with Gasteiger partial charge in [-0.15, -0.1) is 0 Å². The summed E-state index contributed by atoms with van der Waals surface area (Å²) < 4.78 is 5.07. The third-order valence-corrected chi connectivity index (χ3v) is 4.11. The number of carbonyl (C=O) groups excluding carboxylic acids is 2. The van der Waals surface area contributed by atoms with Crippen LogP contribution in [-0.4, -0.2) is 44.3 Å². The molecular weight excluding hydrogens is 250 g/mol. The summed E-state index contributed by atoms with van der Waals surface area (Å²) in [5, 5.41) is 11.5. The topological polar surface area (TPSA) is 75.6 Å². The average Bonchev–Trinajstić information content (AvgIpc) is 2.23. The number of hydrogen-bond acceptors (Lipinski definition) is 4. The van der Waals surface area contributed by atoms with Crippen LogP contribution in [0.15, 0.2) is 0 Å². The Balaban J connectivity index is 4.16. The van der Waals surface area contributed by atoms with Crippen LogP contribution in [0.5, 0.6) is 0 Å². The van der Waals surface area contributed by atoms with Gasteiger partial charge in [0.05, 0.1) is 13.2 Å². The van der Waals surface area contributed by atoms with Crippen molar-refractivity contribution in [1.82, 2.24) is 5.32 Å².